The molecule has 20 heavy (non-hydrogen) atoms. The van der Waals surface area contributed by atoms with Crippen LogP contribution in [0.25, 0.3) is 0 Å². The standard InChI is InChI=1S/C16H18N2OS/c1-11(2)19-15-9-7-14(8-10-15)18-13-5-3-12(4-6-13)16(17)20/h3-11,18H,1-2H3,(H2,17,20). The molecule has 0 radical (unpaired) electrons. The minimum absolute atomic E-state index is 0.182. The van der Waals surface area contributed by atoms with Gasteiger partial charge in [0.1, 0.15) is 10.7 Å². The molecule has 0 bridgehead atoms. The van der Waals surface area contributed by atoms with Crippen molar-refractivity contribution in [2.24, 2.45) is 5.73 Å². The number of hydrogen-bond acceptors (Lipinski definition) is 3. The molecule has 0 aliphatic heterocycles. The first-order valence-corrected chi connectivity index (χ1v) is 6.89. The molecule has 0 aliphatic rings. The zero-order valence-corrected chi connectivity index (χ0v) is 12.4. The Morgan fingerprint density at radius 2 is 1.50 bits per heavy atom. The quantitative estimate of drug-likeness (QED) is 0.820. The molecular formula is C16H18N2OS. The van der Waals surface area contributed by atoms with E-state index in [1.807, 2.05) is 62.4 Å². The third kappa shape index (κ3) is 3.96. The SMILES string of the molecule is CC(C)Oc1ccc(Nc2ccc(C(N)=S)cc2)cc1. The van der Waals surface area contributed by atoms with Crippen molar-refractivity contribution < 1.29 is 4.74 Å². The average molecular weight is 286 g/mol. The minimum atomic E-state index is 0.182. The second kappa shape index (κ2) is 6.39. The van der Waals surface area contributed by atoms with E-state index in [2.05, 4.69) is 5.32 Å². The molecule has 0 fully saturated rings. The molecule has 3 nitrogen and oxygen atoms in total. The smallest absolute Gasteiger partial charge is 0.119 e. The van der Waals surface area contributed by atoms with Gasteiger partial charge in [-0.2, -0.15) is 0 Å². The van der Waals surface area contributed by atoms with E-state index in [0.717, 1.165) is 22.7 Å². The highest BCUT2D eigenvalue weighted by molar-refractivity contribution is 7.80. The van der Waals surface area contributed by atoms with Gasteiger partial charge in [0.25, 0.3) is 0 Å². The van der Waals surface area contributed by atoms with Gasteiger partial charge >= 0.3 is 0 Å². The van der Waals surface area contributed by atoms with Crippen LogP contribution in [0.1, 0.15) is 19.4 Å². The molecule has 104 valence electrons. The molecule has 0 unspecified atom stereocenters. The van der Waals surface area contributed by atoms with Crippen LogP contribution in [0.15, 0.2) is 48.5 Å². The zero-order chi connectivity index (χ0) is 14.5. The second-order valence-electron chi connectivity index (χ2n) is 4.76. The van der Waals surface area contributed by atoms with Crippen molar-refractivity contribution in [3.8, 4) is 5.75 Å². The predicted molar refractivity (Wildman–Crippen MR) is 87.8 cm³/mol. The summed E-state index contributed by atoms with van der Waals surface area (Å²) in [4.78, 5) is 0.409. The maximum atomic E-state index is 5.61. The van der Waals surface area contributed by atoms with Crippen molar-refractivity contribution in [1.82, 2.24) is 0 Å². The summed E-state index contributed by atoms with van der Waals surface area (Å²) in [5, 5.41) is 3.31. The highest BCUT2D eigenvalue weighted by Gasteiger charge is 2.00. The highest BCUT2D eigenvalue weighted by Crippen LogP contribution is 2.21. The molecule has 0 aliphatic carbocycles. The Kier molecular flexibility index (Phi) is 4.58. The van der Waals surface area contributed by atoms with Gasteiger partial charge in [0.15, 0.2) is 0 Å². The van der Waals surface area contributed by atoms with Gasteiger partial charge in [-0.05, 0) is 62.4 Å². The topological polar surface area (TPSA) is 47.3 Å². The Hall–Kier alpha value is -2.07. The third-order valence-electron chi connectivity index (χ3n) is 2.68. The first-order valence-electron chi connectivity index (χ1n) is 6.48. The first kappa shape index (κ1) is 14.3. The Bertz CT molecular complexity index is 576. The normalized spacial score (nSPS) is 10.3. The molecule has 2 aromatic rings. The summed E-state index contributed by atoms with van der Waals surface area (Å²) < 4.78 is 5.61. The number of rotatable bonds is 5. The number of nitrogens with one attached hydrogen (secondary N) is 1. The lowest BCUT2D eigenvalue weighted by Gasteiger charge is -2.11. The second-order valence-corrected chi connectivity index (χ2v) is 5.20. The van der Waals surface area contributed by atoms with Crippen LogP contribution in [0.4, 0.5) is 11.4 Å². The van der Waals surface area contributed by atoms with Gasteiger partial charge in [-0.1, -0.05) is 12.2 Å². The molecule has 0 amide bonds. The van der Waals surface area contributed by atoms with Crippen LogP contribution >= 0.6 is 12.2 Å². The molecule has 2 rings (SSSR count). The number of thiocarbonyl (C=S) groups is 1. The number of benzene rings is 2. The molecule has 0 aromatic heterocycles. The van der Waals surface area contributed by atoms with Crippen molar-refractivity contribution in [1.29, 1.82) is 0 Å². The maximum absolute atomic E-state index is 5.61. The lowest BCUT2D eigenvalue weighted by molar-refractivity contribution is 0.242. The summed E-state index contributed by atoms with van der Waals surface area (Å²) in [6, 6.07) is 15.6. The fourth-order valence-electron chi connectivity index (χ4n) is 1.77. The van der Waals surface area contributed by atoms with Crippen LogP contribution in [0.3, 0.4) is 0 Å². The van der Waals surface area contributed by atoms with Gasteiger partial charge in [-0.25, -0.2) is 0 Å². The minimum Gasteiger partial charge on any atom is -0.491 e. The van der Waals surface area contributed by atoms with Crippen LogP contribution in [0, 0.1) is 0 Å². The van der Waals surface area contributed by atoms with Crippen LogP contribution in [-0.2, 0) is 0 Å². The summed E-state index contributed by atoms with van der Waals surface area (Å²) in [7, 11) is 0. The molecule has 0 saturated carbocycles. The first-order chi connectivity index (χ1) is 9.54. The number of nitrogens with two attached hydrogens (primary N) is 1. The van der Waals surface area contributed by atoms with Crippen LogP contribution in [-0.4, -0.2) is 11.1 Å². The fourth-order valence-corrected chi connectivity index (χ4v) is 1.91. The number of ether oxygens (including phenoxy) is 1. The monoisotopic (exact) mass is 286 g/mol. The fraction of sp³-hybridized carbons (Fsp3) is 0.188. The summed E-state index contributed by atoms with van der Waals surface area (Å²) in [5.41, 5.74) is 8.43. The summed E-state index contributed by atoms with van der Waals surface area (Å²) in [5.74, 6) is 0.870. The van der Waals surface area contributed by atoms with E-state index in [9.17, 15) is 0 Å². The summed E-state index contributed by atoms with van der Waals surface area (Å²) in [6.07, 6.45) is 0.182. The largest absolute Gasteiger partial charge is 0.491 e. The molecule has 0 atom stereocenters. The molecule has 0 saturated heterocycles. The van der Waals surface area contributed by atoms with E-state index in [-0.39, 0.29) is 6.10 Å². The van der Waals surface area contributed by atoms with Crippen molar-refractivity contribution in [2.45, 2.75) is 20.0 Å². The van der Waals surface area contributed by atoms with E-state index in [1.165, 1.54) is 0 Å². The third-order valence-corrected chi connectivity index (χ3v) is 2.92. The van der Waals surface area contributed by atoms with Gasteiger partial charge < -0.3 is 15.8 Å². The van der Waals surface area contributed by atoms with Gasteiger partial charge in [-0.3, -0.25) is 0 Å². The van der Waals surface area contributed by atoms with Crippen molar-refractivity contribution in [2.75, 3.05) is 5.32 Å². The molecule has 0 heterocycles. The van der Waals surface area contributed by atoms with E-state index in [0.29, 0.717) is 4.99 Å². The number of anilines is 2. The summed E-state index contributed by atoms with van der Waals surface area (Å²) in [6.45, 7) is 4.02. The maximum Gasteiger partial charge on any atom is 0.119 e. The van der Waals surface area contributed by atoms with Gasteiger partial charge in [0.05, 0.1) is 6.10 Å². The Balaban J connectivity index is 2.04. The average Bonchev–Trinajstić information content (AvgIpc) is 2.41. The van der Waals surface area contributed by atoms with Gasteiger partial charge in [0.2, 0.25) is 0 Å². The van der Waals surface area contributed by atoms with E-state index < -0.39 is 0 Å². The van der Waals surface area contributed by atoms with Crippen molar-refractivity contribution in [3.05, 3.63) is 54.1 Å². The molecule has 3 N–H and O–H groups in total. The zero-order valence-electron chi connectivity index (χ0n) is 11.6. The summed E-state index contributed by atoms with van der Waals surface area (Å²) >= 11 is 4.93. The van der Waals surface area contributed by atoms with Crippen LogP contribution < -0.4 is 15.8 Å². The Labute approximate surface area is 124 Å². The van der Waals surface area contributed by atoms with E-state index >= 15 is 0 Å². The van der Waals surface area contributed by atoms with Crippen molar-refractivity contribution in [3.63, 3.8) is 0 Å². The van der Waals surface area contributed by atoms with E-state index in [4.69, 9.17) is 22.7 Å². The predicted octanol–water partition coefficient (Wildman–Crippen LogP) is 3.85. The van der Waals surface area contributed by atoms with Gasteiger partial charge in [0, 0.05) is 16.9 Å². The molecule has 2 aromatic carbocycles. The molecule has 0 spiro atoms. The highest BCUT2D eigenvalue weighted by atomic mass is 32.1. The van der Waals surface area contributed by atoms with Crippen LogP contribution in [0.5, 0.6) is 5.75 Å². The van der Waals surface area contributed by atoms with E-state index in [1.54, 1.807) is 0 Å². The lowest BCUT2D eigenvalue weighted by Crippen LogP contribution is -2.08. The molecular weight excluding hydrogens is 268 g/mol. The molecule has 4 heteroatoms. The Morgan fingerprint density at radius 1 is 1.00 bits per heavy atom. The van der Waals surface area contributed by atoms with Crippen molar-refractivity contribution >= 4 is 28.6 Å². The Morgan fingerprint density at radius 3 is 1.95 bits per heavy atom. The van der Waals surface area contributed by atoms with Gasteiger partial charge in [-0.15, -0.1) is 0 Å². The number of hydrogen-bond donors (Lipinski definition) is 2. The van der Waals surface area contributed by atoms with Crippen LogP contribution in [0.2, 0.25) is 0 Å². The lowest BCUT2D eigenvalue weighted by atomic mass is 10.2.